The quantitative estimate of drug-likeness (QED) is 0.818. The predicted octanol–water partition coefficient (Wildman–Crippen LogP) is 2.29. The van der Waals surface area contributed by atoms with Crippen LogP contribution in [-0.2, 0) is 13.0 Å². The highest BCUT2D eigenvalue weighted by molar-refractivity contribution is 7.80. The zero-order valence-corrected chi connectivity index (χ0v) is 11.6. The highest BCUT2D eigenvalue weighted by Gasteiger charge is 2.03. The number of rotatable bonds is 5. The molecule has 1 aromatic heterocycles. The van der Waals surface area contributed by atoms with Gasteiger partial charge in [-0.15, -0.1) is 0 Å². The fraction of sp³-hybridized carbons (Fsp3) is 0.214. The molecule has 0 aliphatic rings. The van der Waals surface area contributed by atoms with Gasteiger partial charge in [0.15, 0.2) is 0 Å². The van der Waals surface area contributed by atoms with Crippen molar-refractivity contribution in [3.63, 3.8) is 0 Å². The average molecular weight is 272 g/mol. The van der Waals surface area contributed by atoms with Crippen LogP contribution in [0.5, 0.6) is 0 Å². The summed E-state index contributed by atoms with van der Waals surface area (Å²) in [6.45, 7) is 2.83. The summed E-state index contributed by atoms with van der Waals surface area (Å²) in [4.78, 5) is 8.69. The second kappa shape index (κ2) is 6.24. The van der Waals surface area contributed by atoms with Crippen molar-refractivity contribution < 1.29 is 0 Å². The summed E-state index contributed by atoms with van der Waals surface area (Å²) in [6.07, 6.45) is 2.65. The molecule has 2 aromatic rings. The molecule has 0 aliphatic heterocycles. The maximum Gasteiger partial charge on any atom is 0.223 e. The third kappa shape index (κ3) is 3.48. The van der Waals surface area contributed by atoms with Crippen molar-refractivity contribution in [2.45, 2.75) is 19.9 Å². The molecule has 1 heterocycles. The van der Waals surface area contributed by atoms with Crippen LogP contribution in [0, 0.1) is 0 Å². The van der Waals surface area contributed by atoms with E-state index >= 15 is 0 Å². The lowest BCUT2D eigenvalue weighted by atomic mass is 10.1. The van der Waals surface area contributed by atoms with E-state index in [4.69, 9.17) is 18.0 Å². The minimum Gasteiger partial charge on any atom is -0.388 e. The topological polar surface area (TPSA) is 63.8 Å². The SMILES string of the molecule is CCc1ccccc1CNc1nccc(C(N)=S)n1. The molecule has 98 valence electrons. The third-order valence-corrected chi connectivity index (χ3v) is 3.05. The molecule has 0 spiro atoms. The van der Waals surface area contributed by atoms with Crippen molar-refractivity contribution in [2.24, 2.45) is 5.73 Å². The van der Waals surface area contributed by atoms with Gasteiger partial charge in [-0.05, 0) is 23.6 Å². The number of nitrogens with two attached hydrogens (primary N) is 1. The summed E-state index contributed by atoms with van der Waals surface area (Å²) in [6, 6.07) is 10.0. The summed E-state index contributed by atoms with van der Waals surface area (Å²) in [5, 5.41) is 3.19. The van der Waals surface area contributed by atoms with E-state index in [1.54, 1.807) is 12.3 Å². The van der Waals surface area contributed by atoms with Crippen molar-refractivity contribution >= 4 is 23.2 Å². The van der Waals surface area contributed by atoms with Crippen LogP contribution in [0.2, 0.25) is 0 Å². The Morgan fingerprint density at radius 1 is 1.26 bits per heavy atom. The molecule has 0 radical (unpaired) electrons. The fourth-order valence-electron chi connectivity index (χ4n) is 1.83. The van der Waals surface area contributed by atoms with Gasteiger partial charge >= 0.3 is 0 Å². The van der Waals surface area contributed by atoms with Gasteiger partial charge < -0.3 is 11.1 Å². The summed E-state index contributed by atoms with van der Waals surface area (Å²) in [7, 11) is 0. The Morgan fingerprint density at radius 2 is 2.00 bits per heavy atom. The molecule has 19 heavy (non-hydrogen) atoms. The van der Waals surface area contributed by atoms with E-state index in [2.05, 4.69) is 34.3 Å². The van der Waals surface area contributed by atoms with Crippen LogP contribution in [-0.4, -0.2) is 15.0 Å². The summed E-state index contributed by atoms with van der Waals surface area (Å²) in [5.41, 5.74) is 8.69. The molecule has 0 unspecified atom stereocenters. The third-order valence-electron chi connectivity index (χ3n) is 2.84. The number of anilines is 1. The Kier molecular flexibility index (Phi) is 4.41. The van der Waals surface area contributed by atoms with Gasteiger partial charge in [0.05, 0.1) is 0 Å². The monoisotopic (exact) mass is 272 g/mol. The predicted molar refractivity (Wildman–Crippen MR) is 81.1 cm³/mol. The largest absolute Gasteiger partial charge is 0.388 e. The first-order valence-electron chi connectivity index (χ1n) is 6.14. The fourth-order valence-corrected chi connectivity index (χ4v) is 1.94. The van der Waals surface area contributed by atoms with E-state index in [-0.39, 0.29) is 4.99 Å². The van der Waals surface area contributed by atoms with Crippen LogP contribution in [0.3, 0.4) is 0 Å². The van der Waals surface area contributed by atoms with Gasteiger partial charge in [-0.2, -0.15) is 0 Å². The zero-order valence-electron chi connectivity index (χ0n) is 10.8. The molecule has 1 aromatic carbocycles. The van der Waals surface area contributed by atoms with E-state index in [0.717, 1.165) is 6.42 Å². The Balaban J connectivity index is 2.10. The maximum absolute atomic E-state index is 5.55. The van der Waals surface area contributed by atoms with Gasteiger partial charge in [-0.1, -0.05) is 43.4 Å². The molecule has 4 nitrogen and oxygen atoms in total. The lowest BCUT2D eigenvalue weighted by molar-refractivity contribution is 1.01. The Hall–Kier alpha value is -2.01. The number of aromatic nitrogens is 2. The van der Waals surface area contributed by atoms with Crippen LogP contribution in [0.15, 0.2) is 36.5 Å². The molecule has 2 rings (SSSR count). The van der Waals surface area contributed by atoms with Crippen LogP contribution in [0.25, 0.3) is 0 Å². The minimum absolute atomic E-state index is 0.277. The van der Waals surface area contributed by atoms with Crippen LogP contribution >= 0.6 is 12.2 Å². The van der Waals surface area contributed by atoms with E-state index in [1.807, 2.05) is 12.1 Å². The number of nitrogens with zero attached hydrogens (tertiary/aromatic N) is 2. The van der Waals surface area contributed by atoms with Crippen molar-refractivity contribution in [3.05, 3.63) is 53.3 Å². The second-order valence-corrected chi connectivity index (χ2v) is 4.55. The second-order valence-electron chi connectivity index (χ2n) is 4.11. The number of thiocarbonyl (C=S) groups is 1. The molecule has 0 amide bonds. The van der Waals surface area contributed by atoms with Gasteiger partial charge in [0, 0.05) is 12.7 Å². The van der Waals surface area contributed by atoms with Crippen molar-refractivity contribution in [2.75, 3.05) is 5.32 Å². The smallest absolute Gasteiger partial charge is 0.223 e. The first kappa shape index (κ1) is 13.4. The number of aryl methyl sites for hydroxylation is 1. The van der Waals surface area contributed by atoms with Crippen molar-refractivity contribution in [3.8, 4) is 0 Å². The minimum atomic E-state index is 0.277. The first-order valence-corrected chi connectivity index (χ1v) is 6.55. The Morgan fingerprint density at radius 3 is 2.68 bits per heavy atom. The van der Waals surface area contributed by atoms with Crippen molar-refractivity contribution in [1.29, 1.82) is 0 Å². The molecule has 5 heteroatoms. The molecule has 0 saturated carbocycles. The molecule has 0 aliphatic carbocycles. The van der Waals surface area contributed by atoms with Crippen LogP contribution in [0.4, 0.5) is 5.95 Å². The molecule has 3 N–H and O–H groups in total. The zero-order chi connectivity index (χ0) is 13.7. The van der Waals surface area contributed by atoms with E-state index < -0.39 is 0 Å². The molecule has 0 saturated heterocycles. The lowest BCUT2D eigenvalue weighted by Gasteiger charge is -2.09. The van der Waals surface area contributed by atoms with Crippen LogP contribution in [0.1, 0.15) is 23.7 Å². The standard InChI is InChI=1S/C14H16N4S/c1-2-10-5-3-4-6-11(10)9-17-14-16-8-7-12(18-14)13(15)19/h3-8H,2,9H2,1H3,(H2,15,19)(H,16,17,18). The van der Waals surface area contributed by atoms with Gasteiger partial charge in [0.2, 0.25) is 5.95 Å². The molecule has 0 fully saturated rings. The van der Waals surface area contributed by atoms with E-state index in [9.17, 15) is 0 Å². The lowest BCUT2D eigenvalue weighted by Crippen LogP contribution is -2.14. The van der Waals surface area contributed by atoms with Gasteiger partial charge in [0.25, 0.3) is 0 Å². The summed E-state index contributed by atoms with van der Waals surface area (Å²) >= 11 is 4.90. The highest BCUT2D eigenvalue weighted by Crippen LogP contribution is 2.11. The summed E-state index contributed by atoms with van der Waals surface area (Å²) in [5.74, 6) is 0.538. The number of hydrogen-bond acceptors (Lipinski definition) is 4. The first-order chi connectivity index (χ1) is 9.20. The van der Waals surface area contributed by atoms with E-state index in [0.29, 0.717) is 18.2 Å². The number of benzene rings is 1. The van der Waals surface area contributed by atoms with Crippen LogP contribution < -0.4 is 11.1 Å². The number of nitrogens with one attached hydrogen (secondary N) is 1. The highest BCUT2D eigenvalue weighted by atomic mass is 32.1. The Bertz CT molecular complexity index is 583. The van der Waals surface area contributed by atoms with Gasteiger partial charge in [0.1, 0.15) is 10.7 Å². The molecular weight excluding hydrogens is 256 g/mol. The molecule has 0 atom stereocenters. The average Bonchev–Trinajstić information content (AvgIpc) is 2.45. The Labute approximate surface area is 118 Å². The van der Waals surface area contributed by atoms with Gasteiger partial charge in [-0.25, -0.2) is 9.97 Å². The molecule has 0 bridgehead atoms. The van der Waals surface area contributed by atoms with E-state index in [1.165, 1.54) is 11.1 Å². The van der Waals surface area contributed by atoms with Crippen molar-refractivity contribution in [1.82, 2.24) is 9.97 Å². The van der Waals surface area contributed by atoms with Gasteiger partial charge in [-0.3, -0.25) is 0 Å². The molecular formula is C14H16N4S. The summed E-state index contributed by atoms with van der Waals surface area (Å²) < 4.78 is 0. The maximum atomic E-state index is 5.55. The number of hydrogen-bond donors (Lipinski definition) is 2. The normalized spacial score (nSPS) is 10.2.